The number of para-hydroxylation sites is 1. The van der Waals surface area contributed by atoms with Gasteiger partial charge in [-0.1, -0.05) is 36.4 Å². The number of amides is 2. The van der Waals surface area contributed by atoms with Gasteiger partial charge in [-0.05, 0) is 59.0 Å². The van der Waals surface area contributed by atoms with Crippen LogP contribution in [-0.4, -0.2) is 23.9 Å². The second-order valence-corrected chi connectivity index (χ2v) is 8.64. The van der Waals surface area contributed by atoms with Crippen LogP contribution in [0.15, 0.2) is 96.6 Å². The quantitative estimate of drug-likeness (QED) is 0.381. The zero-order chi connectivity index (χ0) is 23.8. The number of aromatic nitrogens is 1. The maximum Gasteiger partial charge on any atom is 0.248 e. The van der Waals surface area contributed by atoms with E-state index in [-0.39, 0.29) is 18.2 Å². The molecule has 0 aliphatic rings. The molecule has 2 amide bonds. The third-order valence-electron chi connectivity index (χ3n) is 5.36. The van der Waals surface area contributed by atoms with Crippen molar-refractivity contribution in [2.75, 3.05) is 12.0 Å². The minimum atomic E-state index is -0.851. The van der Waals surface area contributed by atoms with Gasteiger partial charge in [-0.3, -0.25) is 19.5 Å². The van der Waals surface area contributed by atoms with Crippen LogP contribution in [0.25, 0.3) is 0 Å². The number of anilines is 1. The zero-order valence-electron chi connectivity index (χ0n) is 18.8. The number of nitrogens with one attached hydrogen (secondary N) is 1. The lowest BCUT2D eigenvalue weighted by atomic mass is 10.0. The molecule has 172 valence electrons. The molecule has 0 saturated carbocycles. The Balaban J connectivity index is 1.65. The largest absolute Gasteiger partial charge is 0.497 e. The molecule has 34 heavy (non-hydrogen) atoms. The fourth-order valence-electron chi connectivity index (χ4n) is 3.67. The highest BCUT2D eigenvalue weighted by Crippen LogP contribution is 2.29. The van der Waals surface area contributed by atoms with E-state index in [1.165, 1.54) is 11.3 Å². The van der Waals surface area contributed by atoms with E-state index < -0.39 is 6.04 Å². The average molecular weight is 472 g/mol. The Labute approximate surface area is 202 Å². The normalized spacial score (nSPS) is 11.4. The summed E-state index contributed by atoms with van der Waals surface area (Å²) >= 11 is 1.52. The van der Waals surface area contributed by atoms with Gasteiger partial charge in [0.05, 0.1) is 13.5 Å². The van der Waals surface area contributed by atoms with E-state index in [0.29, 0.717) is 17.8 Å². The zero-order valence-corrected chi connectivity index (χ0v) is 19.6. The van der Waals surface area contributed by atoms with Crippen LogP contribution in [0, 0.1) is 0 Å². The van der Waals surface area contributed by atoms with Gasteiger partial charge in [-0.2, -0.15) is 0 Å². The second kappa shape index (κ2) is 11.2. The van der Waals surface area contributed by atoms with E-state index in [4.69, 9.17) is 4.74 Å². The number of carbonyl (C=O) groups is 2. The fourth-order valence-corrected chi connectivity index (χ4v) is 4.36. The Morgan fingerprint density at radius 2 is 1.71 bits per heavy atom. The topological polar surface area (TPSA) is 71.5 Å². The summed E-state index contributed by atoms with van der Waals surface area (Å²) in [6, 6.07) is 23.3. The van der Waals surface area contributed by atoms with Crippen molar-refractivity contribution in [3.8, 4) is 5.75 Å². The lowest BCUT2D eigenvalue weighted by Gasteiger charge is -2.31. The number of ether oxygens (including phenoxy) is 1. The SMILES string of the molecule is COc1ccc(CNC(=O)[C@H](c2ccncc2)N(C(=O)Cc2cccs2)c2ccccc2)cc1. The molecule has 2 heterocycles. The molecule has 1 atom stereocenters. The summed E-state index contributed by atoms with van der Waals surface area (Å²) in [5, 5.41) is 4.95. The Hall–Kier alpha value is -3.97. The van der Waals surface area contributed by atoms with Crippen molar-refractivity contribution >= 4 is 28.8 Å². The van der Waals surface area contributed by atoms with E-state index >= 15 is 0 Å². The third-order valence-corrected chi connectivity index (χ3v) is 6.24. The summed E-state index contributed by atoms with van der Waals surface area (Å²) in [6.07, 6.45) is 3.47. The fraction of sp³-hybridized carbons (Fsp3) is 0.148. The first-order chi connectivity index (χ1) is 16.7. The van der Waals surface area contributed by atoms with E-state index in [9.17, 15) is 9.59 Å². The molecule has 0 aliphatic heterocycles. The second-order valence-electron chi connectivity index (χ2n) is 7.60. The molecule has 4 rings (SSSR count). The van der Waals surface area contributed by atoms with Crippen LogP contribution in [0.4, 0.5) is 5.69 Å². The smallest absolute Gasteiger partial charge is 0.248 e. The maximum atomic E-state index is 13.6. The molecule has 6 nitrogen and oxygen atoms in total. The van der Waals surface area contributed by atoms with Gasteiger partial charge in [0, 0.05) is 29.5 Å². The molecular formula is C27H25N3O3S. The van der Waals surface area contributed by atoms with Crippen molar-refractivity contribution in [1.29, 1.82) is 0 Å². The van der Waals surface area contributed by atoms with E-state index in [0.717, 1.165) is 16.2 Å². The van der Waals surface area contributed by atoms with Crippen molar-refractivity contribution in [2.24, 2.45) is 0 Å². The summed E-state index contributed by atoms with van der Waals surface area (Å²) < 4.78 is 5.20. The third kappa shape index (κ3) is 5.68. The number of hydrogen-bond donors (Lipinski definition) is 1. The molecule has 7 heteroatoms. The van der Waals surface area contributed by atoms with Gasteiger partial charge in [0.2, 0.25) is 11.8 Å². The Kier molecular flexibility index (Phi) is 7.67. The van der Waals surface area contributed by atoms with Gasteiger partial charge in [0.15, 0.2) is 0 Å². The van der Waals surface area contributed by atoms with Crippen LogP contribution in [-0.2, 0) is 22.6 Å². The Morgan fingerprint density at radius 3 is 2.35 bits per heavy atom. The molecule has 0 spiro atoms. The van der Waals surface area contributed by atoms with Crippen molar-refractivity contribution in [3.63, 3.8) is 0 Å². The molecule has 1 N–H and O–H groups in total. The van der Waals surface area contributed by atoms with Crippen LogP contribution in [0.5, 0.6) is 5.75 Å². The van der Waals surface area contributed by atoms with Gasteiger partial charge < -0.3 is 10.1 Å². The molecule has 0 radical (unpaired) electrons. The predicted octanol–water partition coefficient (Wildman–Crippen LogP) is 4.79. The predicted molar refractivity (Wildman–Crippen MR) is 134 cm³/mol. The van der Waals surface area contributed by atoms with Gasteiger partial charge in [0.1, 0.15) is 11.8 Å². The van der Waals surface area contributed by atoms with Gasteiger partial charge in [-0.15, -0.1) is 11.3 Å². The molecule has 0 saturated heterocycles. The number of benzene rings is 2. The number of methoxy groups -OCH3 is 1. The molecule has 2 aromatic carbocycles. The molecule has 0 bridgehead atoms. The summed E-state index contributed by atoms with van der Waals surface area (Å²) in [5.41, 5.74) is 2.27. The highest BCUT2D eigenvalue weighted by atomic mass is 32.1. The first-order valence-electron chi connectivity index (χ1n) is 10.9. The first kappa shape index (κ1) is 23.2. The van der Waals surface area contributed by atoms with Crippen LogP contribution in [0.2, 0.25) is 0 Å². The molecule has 0 fully saturated rings. The Bertz CT molecular complexity index is 1200. The van der Waals surface area contributed by atoms with Crippen LogP contribution in [0.1, 0.15) is 22.0 Å². The van der Waals surface area contributed by atoms with Crippen molar-refractivity contribution < 1.29 is 14.3 Å². The van der Waals surface area contributed by atoms with Gasteiger partial charge >= 0.3 is 0 Å². The standard InChI is InChI=1S/C27H25N3O3S/c1-33-23-11-9-20(10-12-23)19-29-27(32)26(21-13-15-28-16-14-21)30(22-6-3-2-4-7-22)25(31)18-24-8-5-17-34-24/h2-17,26H,18-19H2,1H3,(H,29,32)/t26-/m0/s1. The van der Waals surface area contributed by atoms with E-state index in [1.807, 2.05) is 72.1 Å². The maximum absolute atomic E-state index is 13.6. The van der Waals surface area contributed by atoms with Crippen molar-refractivity contribution in [1.82, 2.24) is 10.3 Å². The van der Waals surface area contributed by atoms with Crippen LogP contribution >= 0.6 is 11.3 Å². The lowest BCUT2D eigenvalue weighted by molar-refractivity contribution is -0.126. The molecule has 2 aromatic heterocycles. The summed E-state index contributed by atoms with van der Waals surface area (Å²) in [7, 11) is 1.61. The molecule has 0 aliphatic carbocycles. The number of thiophene rings is 1. The number of carbonyl (C=O) groups excluding carboxylic acids is 2. The molecular weight excluding hydrogens is 446 g/mol. The number of rotatable bonds is 9. The summed E-state index contributed by atoms with van der Waals surface area (Å²) in [6.45, 7) is 0.326. The number of pyridine rings is 1. The lowest BCUT2D eigenvalue weighted by Crippen LogP contribution is -2.44. The number of hydrogen-bond acceptors (Lipinski definition) is 5. The van der Waals surface area contributed by atoms with Crippen molar-refractivity contribution in [3.05, 3.63) is 113 Å². The molecule has 0 unspecified atom stereocenters. The van der Waals surface area contributed by atoms with Crippen LogP contribution in [0.3, 0.4) is 0 Å². The average Bonchev–Trinajstić information content (AvgIpc) is 3.40. The molecule has 4 aromatic rings. The van der Waals surface area contributed by atoms with Gasteiger partial charge in [0.25, 0.3) is 0 Å². The van der Waals surface area contributed by atoms with E-state index in [1.54, 1.807) is 36.5 Å². The Morgan fingerprint density at radius 1 is 0.971 bits per heavy atom. The first-order valence-corrected chi connectivity index (χ1v) is 11.7. The highest BCUT2D eigenvalue weighted by Gasteiger charge is 2.32. The minimum absolute atomic E-state index is 0.157. The van der Waals surface area contributed by atoms with Crippen molar-refractivity contribution in [2.45, 2.75) is 19.0 Å². The monoisotopic (exact) mass is 471 g/mol. The summed E-state index contributed by atoms with van der Waals surface area (Å²) in [5.74, 6) is 0.319. The van der Waals surface area contributed by atoms with E-state index in [2.05, 4.69) is 10.3 Å². The minimum Gasteiger partial charge on any atom is -0.497 e. The summed E-state index contributed by atoms with van der Waals surface area (Å²) in [4.78, 5) is 33.8. The number of nitrogens with zero attached hydrogens (tertiary/aromatic N) is 2. The van der Waals surface area contributed by atoms with Crippen LogP contribution < -0.4 is 15.0 Å². The highest BCUT2D eigenvalue weighted by molar-refractivity contribution is 7.10. The van der Waals surface area contributed by atoms with Gasteiger partial charge in [-0.25, -0.2) is 0 Å².